The summed E-state index contributed by atoms with van der Waals surface area (Å²) < 4.78 is 5.72. The molecule has 17 heavy (non-hydrogen) atoms. The monoisotopic (exact) mass is 244 g/mol. The van der Waals surface area contributed by atoms with Crippen LogP contribution in [0.5, 0.6) is 0 Å². The largest absolute Gasteiger partial charge is 0.347 e. The Morgan fingerprint density at radius 2 is 1.47 bits per heavy atom. The highest BCUT2D eigenvalue weighted by molar-refractivity contribution is 4.84. The lowest BCUT2D eigenvalue weighted by Gasteiger charge is -2.15. The first-order valence-electron chi connectivity index (χ1n) is 7.27. The Balaban J connectivity index is 1.91. The molecule has 0 aromatic rings. The first-order valence-corrected chi connectivity index (χ1v) is 7.27. The number of unbranched alkanes of at least 4 members (excludes halogenated alkanes) is 5. The SMILES string of the molecule is CCCCCCOOC1(OCCCCC)CC1. The van der Waals surface area contributed by atoms with E-state index >= 15 is 0 Å². The van der Waals surface area contributed by atoms with Crippen molar-refractivity contribution in [2.75, 3.05) is 13.2 Å². The van der Waals surface area contributed by atoms with E-state index in [1.165, 1.54) is 32.1 Å². The molecule has 0 N–H and O–H groups in total. The van der Waals surface area contributed by atoms with Gasteiger partial charge in [0.25, 0.3) is 0 Å². The van der Waals surface area contributed by atoms with Gasteiger partial charge in [0.05, 0.1) is 13.2 Å². The van der Waals surface area contributed by atoms with Crippen LogP contribution in [0.1, 0.15) is 71.6 Å². The third kappa shape index (κ3) is 7.02. The summed E-state index contributed by atoms with van der Waals surface area (Å²) in [4.78, 5) is 10.6. The molecule has 0 unspecified atom stereocenters. The van der Waals surface area contributed by atoms with Crippen LogP contribution in [-0.4, -0.2) is 19.0 Å². The summed E-state index contributed by atoms with van der Waals surface area (Å²) >= 11 is 0. The highest BCUT2D eigenvalue weighted by Crippen LogP contribution is 2.41. The summed E-state index contributed by atoms with van der Waals surface area (Å²) in [6.07, 6.45) is 10.4. The van der Waals surface area contributed by atoms with Gasteiger partial charge < -0.3 is 4.74 Å². The number of hydrogen-bond donors (Lipinski definition) is 0. The van der Waals surface area contributed by atoms with Crippen molar-refractivity contribution in [1.82, 2.24) is 0 Å². The highest BCUT2D eigenvalue weighted by Gasteiger charge is 2.47. The summed E-state index contributed by atoms with van der Waals surface area (Å²) in [5, 5.41) is 0. The Labute approximate surface area is 106 Å². The maximum Gasteiger partial charge on any atom is 0.201 e. The molecule has 1 rings (SSSR count). The van der Waals surface area contributed by atoms with E-state index in [2.05, 4.69) is 13.8 Å². The van der Waals surface area contributed by atoms with Crippen molar-refractivity contribution in [2.24, 2.45) is 0 Å². The average Bonchev–Trinajstić information content (AvgIpc) is 3.10. The van der Waals surface area contributed by atoms with Crippen LogP contribution in [0, 0.1) is 0 Å². The van der Waals surface area contributed by atoms with Gasteiger partial charge in [-0.3, -0.25) is 0 Å². The van der Waals surface area contributed by atoms with Crippen LogP contribution in [0.25, 0.3) is 0 Å². The Hall–Kier alpha value is -0.120. The molecular weight excluding hydrogens is 216 g/mol. The molecule has 3 nitrogen and oxygen atoms in total. The van der Waals surface area contributed by atoms with Gasteiger partial charge in [-0.05, 0) is 12.8 Å². The van der Waals surface area contributed by atoms with Crippen LogP contribution >= 0.6 is 0 Å². The lowest BCUT2D eigenvalue weighted by molar-refractivity contribution is -0.394. The van der Waals surface area contributed by atoms with Crippen molar-refractivity contribution in [3.05, 3.63) is 0 Å². The van der Waals surface area contributed by atoms with E-state index in [0.717, 1.165) is 32.3 Å². The van der Waals surface area contributed by atoms with Gasteiger partial charge in [-0.2, -0.15) is 0 Å². The molecule has 0 heterocycles. The molecule has 1 fully saturated rings. The molecule has 0 radical (unpaired) electrons. The van der Waals surface area contributed by atoms with Crippen LogP contribution in [-0.2, 0) is 14.5 Å². The fourth-order valence-electron chi connectivity index (χ4n) is 1.70. The van der Waals surface area contributed by atoms with Crippen molar-refractivity contribution >= 4 is 0 Å². The minimum Gasteiger partial charge on any atom is -0.347 e. The Morgan fingerprint density at radius 1 is 0.824 bits per heavy atom. The minimum atomic E-state index is -0.376. The maximum atomic E-state index is 5.72. The predicted molar refractivity (Wildman–Crippen MR) is 68.6 cm³/mol. The van der Waals surface area contributed by atoms with Crippen LogP contribution in [0.4, 0.5) is 0 Å². The summed E-state index contributed by atoms with van der Waals surface area (Å²) in [6.45, 7) is 5.90. The summed E-state index contributed by atoms with van der Waals surface area (Å²) in [5.41, 5.74) is 0. The van der Waals surface area contributed by atoms with Crippen LogP contribution < -0.4 is 0 Å². The van der Waals surface area contributed by atoms with Gasteiger partial charge in [0.2, 0.25) is 5.79 Å². The van der Waals surface area contributed by atoms with E-state index in [4.69, 9.17) is 14.5 Å². The smallest absolute Gasteiger partial charge is 0.201 e. The van der Waals surface area contributed by atoms with E-state index in [9.17, 15) is 0 Å². The number of hydrogen-bond acceptors (Lipinski definition) is 3. The zero-order valence-electron chi connectivity index (χ0n) is 11.5. The zero-order valence-corrected chi connectivity index (χ0v) is 11.5. The van der Waals surface area contributed by atoms with Crippen molar-refractivity contribution in [2.45, 2.75) is 77.4 Å². The molecule has 0 atom stereocenters. The highest BCUT2D eigenvalue weighted by atomic mass is 17.2. The van der Waals surface area contributed by atoms with Gasteiger partial charge in [-0.25, -0.2) is 9.78 Å². The molecule has 1 saturated carbocycles. The topological polar surface area (TPSA) is 27.7 Å². The molecule has 102 valence electrons. The second kappa shape index (κ2) is 8.90. The fourth-order valence-corrected chi connectivity index (χ4v) is 1.70. The van der Waals surface area contributed by atoms with E-state index in [1.807, 2.05) is 0 Å². The second-order valence-corrected chi connectivity index (χ2v) is 4.93. The standard InChI is InChI=1S/C14H28O3/c1-3-5-7-9-13-16-17-14(10-11-14)15-12-8-6-4-2/h3-13H2,1-2H3. The Morgan fingerprint density at radius 3 is 2.12 bits per heavy atom. The van der Waals surface area contributed by atoms with Gasteiger partial charge in [0.1, 0.15) is 0 Å². The molecule has 1 aliphatic rings. The lowest BCUT2D eigenvalue weighted by Crippen LogP contribution is -2.20. The first-order chi connectivity index (χ1) is 8.33. The molecule has 0 aromatic heterocycles. The van der Waals surface area contributed by atoms with Crippen molar-refractivity contribution in [1.29, 1.82) is 0 Å². The number of rotatable bonds is 12. The Bertz CT molecular complexity index is 178. The Kier molecular flexibility index (Phi) is 7.82. The van der Waals surface area contributed by atoms with Crippen molar-refractivity contribution in [3.8, 4) is 0 Å². The van der Waals surface area contributed by atoms with Crippen molar-refractivity contribution in [3.63, 3.8) is 0 Å². The van der Waals surface area contributed by atoms with Crippen LogP contribution in [0.15, 0.2) is 0 Å². The van der Waals surface area contributed by atoms with Crippen LogP contribution in [0.2, 0.25) is 0 Å². The minimum absolute atomic E-state index is 0.376. The van der Waals surface area contributed by atoms with E-state index in [1.54, 1.807) is 0 Å². The third-order valence-corrected chi connectivity index (χ3v) is 3.06. The zero-order chi connectivity index (χ0) is 12.4. The summed E-state index contributed by atoms with van der Waals surface area (Å²) in [7, 11) is 0. The van der Waals surface area contributed by atoms with E-state index < -0.39 is 0 Å². The normalized spacial score (nSPS) is 17.3. The van der Waals surface area contributed by atoms with Gasteiger partial charge in [0.15, 0.2) is 0 Å². The van der Waals surface area contributed by atoms with Gasteiger partial charge in [-0.15, -0.1) is 0 Å². The molecule has 0 spiro atoms. The summed E-state index contributed by atoms with van der Waals surface area (Å²) in [5.74, 6) is -0.376. The molecule has 3 heteroatoms. The average molecular weight is 244 g/mol. The van der Waals surface area contributed by atoms with Gasteiger partial charge >= 0.3 is 0 Å². The molecule has 1 aliphatic carbocycles. The van der Waals surface area contributed by atoms with Gasteiger partial charge in [0, 0.05) is 12.8 Å². The summed E-state index contributed by atoms with van der Waals surface area (Å²) in [6, 6.07) is 0. The lowest BCUT2D eigenvalue weighted by atomic mass is 10.2. The molecule has 0 saturated heterocycles. The third-order valence-electron chi connectivity index (χ3n) is 3.06. The quantitative estimate of drug-likeness (QED) is 0.223. The van der Waals surface area contributed by atoms with E-state index in [0.29, 0.717) is 6.61 Å². The fraction of sp³-hybridized carbons (Fsp3) is 1.00. The van der Waals surface area contributed by atoms with Crippen molar-refractivity contribution < 1.29 is 14.5 Å². The molecule has 0 amide bonds. The molecular formula is C14H28O3. The predicted octanol–water partition coefficient (Wildman–Crippen LogP) is 4.21. The molecule has 0 aliphatic heterocycles. The maximum absolute atomic E-state index is 5.72. The van der Waals surface area contributed by atoms with Gasteiger partial charge in [-0.1, -0.05) is 46.0 Å². The molecule has 0 bridgehead atoms. The molecule has 0 aromatic carbocycles. The van der Waals surface area contributed by atoms with Crippen LogP contribution in [0.3, 0.4) is 0 Å². The number of ether oxygens (including phenoxy) is 1. The first kappa shape index (κ1) is 14.9. The van der Waals surface area contributed by atoms with E-state index in [-0.39, 0.29) is 5.79 Å². The second-order valence-electron chi connectivity index (χ2n) is 4.93.